The highest BCUT2D eigenvalue weighted by molar-refractivity contribution is 7.14. The summed E-state index contributed by atoms with van der Waals surface area (Å²) in [6.07, 6.45) is 2.08. The minimum absolute atomic E-state index is 1.01. The van der Waals surface area contributed by atoms with Gasteiger partial charge in [-0.2, -0.15) is 0 Å². The first-order valence-electron chi connectivity index (χ1n) is 3.47. The monoisotopic (exact) mass is 165 g/mol. The molecule has 0 N–H and O–H groups in total. The maximum atomic E-state index is 3.93. The van der Waals surface area contributed by atoms with Gasteiger partial charge in [0.2, 0.25) is 0 Å². The second-order valence-electron chi connectivity index (χ2n) is 2.27. The highest BCUT2D eigenvalue weighted by atomic mass is 32.1. The van der Waals surface area contributed by atoms with Gasteiger partial charge in [0.15, 0.2) is 0 Å². The third-order valence-corrected chi connectivity index (χ3v) is 2.49. The van der Waals surface area contributed by atoms with Crippen molar-refractivity contribution in [3.63, 3.8) is 0 Å². The van der Waals surface area contributed by atoms with Gasteiger partial charge in [-0.15, -0.1) is 11.3 Å². The van der Waals surface area contributed by atoms with E-state index < -0.39 is 0 Å². The Bertz CT molecular complexity index is 284. The SMILES string of the molecule is C=Nc1sccc1/C(C)=C\C. The van der Waals surface area contributed by atoms with Crippen LogP contribution < -0.4 is 0 Å². The molecule has 0 radical (unpaired) electrons. The first-order chi connectivity index (χ1) is 5.29. The Morgan fingerprint density at radius 2 is 2.45 bits per heavy atom. The average molecular weight is 165 g/mol. The van der Waals surface area contributed by atoms with Crippen molar-refractivity contribution in [1.82, 2.24) is 0 Å². The van der Waals surface area contributed by atoms with E-state index in [1.165, 1.54) is 11.1 Å². The molecule has 0 spiro atoms. The number of hydrogen-bond donors (Lipinski definition) is 0. The summed E-state index contributed by atoms with van der Waals surface area (Å²) in [6, 6.07) is 2.07. The highest BCUT2D eigenvalue weighted by Gasteiger charge is 2.01. The fourth-order valence-electron chi connectivity index (χ4n) is 0.879. The number of aliphatic imine (C=N–C) groups is 1. The second kappa shape index (κ2) is 3.49. The van der Waals surface area contributed by atoms with Gasteiger partial charge in [-0.05, 0) is 37.6 Å². The molecule has 0 unspecified atom stereocenters. The molecule has 0 bridgehead atoms. The molecule has 1 heterocycles. The molecule has 1 rings (SSSR count). The molecule has 1 nitrogen and oxygen atoms in total. The lowest BCUT2D eigenvalue weighted by Gasteiger charge is -1.96. The van der Waals surface area contributed by atoms with Crippen molar-refractivity contribution < 1.29 is 0 Å². The third kappa shape index (κ3) is 1.57. The molecular formula is C9H11NS. The van der Waals surface area contributed by atoms with Crippen LogP contribution >= 0.6 is 11.3 Å². The smallest absolute Gasteiger partial charge is 0.122 e. The van der Waals surface area contributed by atoms with Gasteiger partial charge in [0.25, 0.3) is 0 Å². The number of allylic oxidation sites excluding steroid dienone is 2. The Kier molecular flexibility index (Phi) is 2.60. The average Bonchev–Trinajstić information content (AvgIpc) is 2.50. The molecule has 0 aliphatic heterocycles. The van der Waals surface area contributed by atoms with Crippen LogP contribution in [-0.2, 0) is 0 Å². The Balaban J connectivity index is 3.12. The zero-order valence-corrected chi connectivity index (χ0v) is 7.61. The van der Waals surface area contributed by atoms with E-state index in [1.54, 1.807) is 11.3 Å². The van der Waals surface area contributed by atoms with Crippen molar-refractivity contribution in [2.75, 3.05) is 0 Å². The summed E-state index contributed by atoms with van der Waals surface area (Å²) in [5, 5.41) is 3.05. The molecule has 0 saturated heterocycles. The largest absolute Gasteiger partial charge is 0.253 e. The van der Waals surface area contributed by atoms with Gasteiger partial charge in [0.05, 0.1) is 0 Å². The summed E-state index contributed by atoms with van der Waals surface area (Å²) in [5.41, 5.74) is 2.46. The second-order valence-corrected chi connectivity index (χ2v) is 3.16. The first-order valence-corrected chi connectivity index (χ1v) is 4.35. The van der Waals surface area contributed by atoms with E-state index in [0.717, 1.165) is 5.00 Å². The fourth-order valence-corrected chi connectivity index (χ4v) is 1.64. The van der Waals surface area contributed by atoms with Gasteiger partial charge in [-0.1, -0.05) is 6.08 Å². The van der Waals surface area contributed by atoms with Gasteiger partial charge in [-0.3, -0.25) is 4.99 Å². The standard InChI is InChI=1S/C9H11NS/c1-4-7(2)8-5-6-11-9(8)10-3/h4-6H,3H2,1-2H3/b7-4-. The Labute approximate surface area is 71.1 Å². The van der Waals surface area contributed by atoms with E-state index in [4.69, 9.17) is 0 Å². The minimum atomic E-state index is 1.01. The molecule has 58 valence electrons. The molecule has 0 aromatic carbocycles. The van der Waals surface area contributed by atoms with Crippen LogP contribution in [0.15, 0.2) is 22.5 Å². The van der Waals surface area contributed by atoms with Crippen molar-refractivity contribution in [3.8, 4) is 0 Å². The van der Waals surface area contributed by atoms with Gasteiger partial charge in [0, 0.05) is 5.56 Å². The molecule has 0 saturated carbocycles. The van der Waals surface area contributed by atoms with Crippen LogP contribution in [0, 0.1) is 0 Å². The van der Waals surface area contributed by atoms with Crippen molar-refractivity contribution in [2.45, 2.75) is 13.8 Å². The third-order valence-electron chi connectivity index (χ3n) is 1.65. The molecule has 2 heteroatoms. The Morgan fingerprint density at radius 3 is 3.00 bits per heavy atom. The van der Waals surface area contributed by atoms with Crippen molar-refractivity contribution in [2.24, 2.45) is 4.99 Å². The Hall–Kier alpha value is -0.890. The summed E-state index contributed by atoms with van der Waals surface area (Å²) < 4.78 is 0. The molecule has 0 aliphatic carbocycles. The molecule has 1 aromatic heterocycles. The number of nitrogens with zero attached hydrogens (tertiary/aromatic N) is 1. The van der Waals surface area contributed by atoms with E-state index in [9.17, 15) is 0 Å². The lowest BCUT2D eigenvalue weighted by Crippen LogP contribution is -1.71. The summed E-state index contributed by atoms with van der Waals surface area (Å²) >= 11 is 1.62. The summed E-state index contributed by atoms with van der Waals surface area (Å²) in [5.74, 6) is 0. The quantitative estimate of drug-likeness (QED) is 0.595. The highest BCUT2D eigenvalue weighted by Crippen LogP contribution is 2.31. The molecule has 0 atom stereocenters. The molecule has 0 aliphatic rings. The lowest BCUT2D eigenvalue weighted by molar-refractivity contribution is 1.55. The van der Waals surface area contributed by atoms with Crippen molar-refractivity contribution >= 4 is 28.6 Å². The summed E-state index contributed by atoms with van der Waals surface area (Å²) in [7, 11) is 0. The minimum Gasteiger partial charge on any atom is -0.253 e. The summed E-state index contributed by atoms with van der Waals surface area (Å²) in [4.78, 5) is 3.93. The van der Waals surface area contributed by atoms with E-state index in [0.29, 0.717) is 0 Å². The van der Waals surface area contributed by atoms with E-state index >= 15 is 0 Å². The zero-order valence-electron chi connectivity index (χ0n) is 6.79. The number of thiophene rings is 1. The summed E-state index contributed by atoms with van der Waals surface area (Å²) in [6.45, 7) is 7.62. The number of hydrogen-bond acceptors (Lipinski definition) is 2. The van der Waals surface area contributed by atoms with Crippen LogP contribution in [0.25, 0.3) is 5.57 Å². The van der Waals surface area contributed by atoms with Crippen molar-refractivity contribution in [3.05, 3.63) is 23.1 Å². The Morgan fingerprint density at radius 1 is 1.73 bits per heavy atom. The first kappa shape index (κ1) is 8.21. The fraction of sp³-hybridized carbons (Fsp3) is 0.222. The van der Waals surface area contributed by atoms with Gasteiger partial charge >= 0.3 is 0 Å². The van der Waals surface area contributed by atoms with E-state index in [-0.39, 0.29) is 0 Å². The van der Waals surface area contributed by atoms with Crippen LogP contribution in [0.5, 0.6) is 0 Å². The zero-order chi connectivity index (χ0) is 8.27. The predicted octanol–water partition coefficient (Wildman–Crippen LogP) is 3.50. The van der Waals surface area contributed by atoms with Crippen LogP contribution in [0.4, 0.5) is 5.00 Å². The molecule has 0 amide bonds. The van der Waals surface area contributed by atoms with E-state index in [2.05, 4.69) is 30.8 Å². The van der Waals surface area contributed by atoms with Gasteiger partial charge in [0.1, 0.15) is 5.00 Å². The van der Waals surface area contributed by atoms with Crippen LogP contribution in [0.2, 0.25) is 0 Å². The van der Waals surface area contributed by atoms with Gasteiger partial charge in [-0.25, -0.2) is 0 Å². The topological polar surface area (TPSA) is 12.4 Å². The van der Waals surface area contributed by atoms with E-state index in [1.807, 2.05) is 12.3 Å². The van der Waals surface area contributed by atoms with Gasteiger partial charge < -0.3 is 0 Å². The number of rotatable bonds is 2. The molecule has 0 fully saturated rings. The van der Waals surface area contributed by atoms with Crippen LogP contribution in [0.1, 0.15) is 19.4 Å². The predicted molar refractivity (Wildman–Crippen MR) is 52.9 cm³/mol. The lowest BCUT2D eigenvalue weighted by atomic mass is 10.1. The maximum absolute atomic E-state index is 3.93. The van der Waals surface area contributed by atoms with Crippen molar-refractivity contribution in [1.29, 1.82) is 0 Å². The van der Waals surface area contributed by atoms with Crippen LogP contribution in [0.3, 0.4) is 0 Å². The maximum Gasteiger partial charge on any atom is 0.122 e. The molecular weight excluding hydrogens is 154 g/mol. The normalized spacial score (nSPS) is 11.6. The molecule has 1 aromatic rings. The van der Waals surface area contributed by atoms with Crippen LogP contribution in [-0.4, -0.2) is 6.72 Å². The molecule has 11 heavy (non-hydrogen) atoms.